The quantitative estimate of drug-likeness (QED) is 0.340. The molecule has 1 atom stereocenters. The Bertz CT molecular complexity index is 1390. The van der Waals surface area contributed by atoms with Gasteiger partial charge in [0.05, 0.1) is 32.5 Å². The van der Waals surface area contributed by atoms with Gasteiger partial charge in [-0.1, -0.05) is 30.2 Å². The number of carbonyl (C=O) groups excluding carboxylic acids is 2. The van der Waals surface area contributed by atoms with Crippen molar-refractivity contribution in [1.82, 2.24) is 25.2 Å². The summed E-state index contributed by atoms with van der Waals surface area (Å²) in [7, 11) is 3.10. The lowest BCUT2D eigenvalue weighted by Crippen LogP contribution is -2.46. The normalized spacial score (nSPS) is 14.4. The SMILES string of the molecule is COc1ccc(C(C(=O)NC2CCCC2)N(Cc2ccco2)C(=O)Cn2nnc3ccccc32)c(OC)c1. The number of nitrogens with one attached hydrogen (secondary N) is 1. The Morgan fingerprint density at radius 3 is 2.66 bits per heavy atom. The number of methoxy groups -OCH3 is 2. The van der Waals surface area contributed by atoms with Gasteiger partial charge in [-0.25, -0.2) is 4.68 Å². The van der Waals surface area contributed by atoms with Crippen LogP contribution in [0.1, 0.15) is 43.0 Å². The molecule has 1 aliphatic rings. The van der Waals surface area contributed by atoms with Crippen molar-refractivity contribution in [3.05, 3.63) is 72.2 Å². The lowest BCUT2D eigenvalue weighted by Gasteiger charge is -2.32. The largest absolute Gasteiger partial charge is 0.497 e. The van der Waals surface area contributed by atoms with E-state index in [0.717, 1.165) is 31.2 Å². The Balaban J connectivity index is 1.56. The molecular weight excluding hydrogens is 486 g/mol. The highest BCUT2D eigenvalue weighted by Gasteiger charge is 2.36. The minimum absolute atomic E-state index is 0.0640. The van der Waals surface area contributed by atoms with E-state index >= 15 is 0 Å². The van der Waals surface area contributed by atoms with E-state index in [1.54, 1.807) is 48.4 Å². The topological polar surface area (TPSA) is 112 Å². The van der Waals surface area contributed by atoms with Gasteiger partial charge in [0.2, 0.25) is 11.8 Å². The number of nitrogens with zero attached hydrogens (tertiary/aromatic N) is 4. The van der Waals surface area contributed by atoms with Crippen molar-refractivity contribution in [3.8, 4) is 11.5 Å². The van der Waals surface area contributed by atoms with Crippen LogP contribution in [0, 0.1) is 0 Å². The summed E-state index contributed by atoms with van der Waals surface area (Å²) >= 11 is 0. The van der Waals surface area contributed by atoms with Gasteiger partial charge in [0.15, 0.2) is 0 Å². The van der Waals surface area contributed by atoms with Gasteiger partial charge < -0.3 is 24.1 Å². The average Bonchev–Trinajstić information content (AvgIpc) is 3.72. The van der Waals surface area contributed by atoms with E-state index in [2.05, 4.69) is 15.6 Å². The van der Waals surface area contributed by atoms with E-state index in [-0.39, 0.29) is 30.9 Å². The monoisotopic (exact) mass is 517 g/mol. The summed E-state index contributed by atoms with van der Waals surface area (Å²) in [4.78, 5) is 29.5. The molecule has 5 rings (SSSR count). The summed E-state index contributed by atoms with van der Waals surface area (Å²) in [6, 6.07) is 15.3. The number of ether oxygens (including phenoxy) is 2. The zero-order valence-electron chi connectivity index (χ0n) is 21.5. The number of fused-ring (bicyclic) bond motifs is 1. The molecule has 1 aliphatic carbocycles. The lowest BCUT2D eigenvalue weighted by atomic mass is 10.0. The highest BCUT2D eigenvalue weighted by atomic mass is 16.5. The number of furan rings is 1. The summed E-state index contributed by atoms with van der Waals surface area (Å²) in [5, 5.41) is 11.5. The number of amides is 2. The van der Waals surface area contributed by atoms with Gasteiger partial charge in [0.25, 0.3) is 0 Å². The van der Waals surface area contributed by atoms with Crippen LogP contribution < -0.4 is 14.8 Å². The van der Waals surface area contributed by atoms with Gasteiger partial charge in [-0.05, 0) is 49.2 Å². The molecule has 0 radical (unpaired) electrons. The van der Waals surface area contributed by atoms with Crippen LogP contribution in [-0.4, -0.2) is 52.0 Å². The second-order valence-electron chi connectivity index (χ2n) is 9.34. The molecule has 1 unspecified atom stereocenters. The van der Waals surface area contributed by atoms with Gasteiger partial charge in [-0.3, -0.25) is 9.59 Å². The number of hydrogen-bond acceptors (Lipinski definition) is 7. The molecule has 0 spiro atoms. The molecule has 0 aliphatic heterocycles. The fourth-order valence-corrected chi connectivity index (χ4v) is 4.99. The van der Waals surface area contributed by atoms with E-state index < -0.39 is 6.04 Å². The minimum atomic E-state index is -0.983. The number of rotatable bonds is 10. The Morgan fingerprint density at radius 2 is 1.92 bits per heavy atom. The lowest BCUT2D eigenvalue weighted by molar-refractivity contribution is -0.142. The third kappa shape index (κ3) is 5.34. The number of benzene rings is 2. The molecule has 2 aromatic carbocycles. The Labute approximate surface area is 220 Å². The smallest absolute Gasteiger partial charge is 0.247 e. The predicted octanol–water partition coefficient (Wildman–Crippen LogP) is 3.87. The van der Waals surface area contributed by atoms with Crippen LogP contribution >= 0.6 is 0 Å². The van der Waals surface area contributed by atoms with E-state index in [0.29, 0.717) is 28.3 Å². The molecule has 2 heterocycles. The molecule has 0 saturated heterocycles. The molecule has 38 heavy (non-hydrogen) atoms. The molecule has 4 aromatic rings. The van der Waals surface area contributed by atoms with Gasteiger partial charge in [0.1, 0.15) is 35.4 Å². The number of para-hydroxylation sites is 1. The first kappa shape index (κ1) is 25.3. The minimum Gasteiger partial charge on any atom is -0.497 e. The standard InChI is InChI=1S/C28H31N5O5/c1-36-20-13-14-22(25(16-20)37-2)27(28(35)29-19-8-3-4-9-19)32(17-21-10-7-15-38-21)26(34)18-33-24-12-6-5-11-23(24)30-31-33/h5-7,10-16,19,27H,3-4,8-9,17-18H2,1-2H3,(H,29,35). The molecule has 1 saturated carbocycles. The molecule has 10 heteroatoms. The summed E-state index contributed by atoms with van der Waals surface area (Å²) in [5.74, 6) is 0.982. The van der Waals surface area contributed by atoms with Crippen LogP contribution in [0.15, 0.2) is 65.3 Å². The maximum absolute atomic E-state index is 14.0. The number of carbonyl (C=O) groups is 2. The average molecular weight is 518 g/mol. The number of aromatic nitrogens is 3. The van der Waals surface area contributed by atoms with Crippen LogP contribution in [0.4, 0.5) is 0 Å². The third-order valence-corrected chi connectivity index (χ3v) is 6.93. The van der Waals surface area contributed by atoms with Crippen LogP contribution in [0.3, 0.4) is 0 Å². The highest BCUT2D eigenvalue weighted by molar-refractivity contribution is 5.90. The molecule has 2 aromatic heterocycles. The highest BCUT2D eigenvalue weighted by Crippen LogP contribution is 2.35. The third-order valence-electron chi connectivity index (χ3n) is 6.93. The molecular formula is C28H31N5O5. The van der Waals surface area contributed by atoms with Crippen LogP contribution in [-0.2, 0) is 22.7 Å². The molecule has 0 bridgehead atoms. The first-order chi connectivity index (χ1) is 18.6. The second kappa shape index (κ2) is 11.4. The maximum Gasteiger partial charge on any atom is 0.247 e. The summed E-state index contributed by atoms with van der Waals surface area (Å²) in [6.45, 7) is -0.0245. The van der Waals surface area contributed by atoms with Crippen LogP contribution in [0.5, 0.6) is 11.5 Å². The van der Waals surface area contributed by atoms with Gasteiger partial charge >= 0.3 is 0 Å². The predicted molar refractivity (Wildman–Crippen MR) is 139 cm³/mol. The van der Waals surface area contributed by atoms with Crippen molar-refractivity contribution in [2.24, 2.45) is 0 Å². The van der Waals surface area contributed by atoms with Crippen molar-refractivity contribution in [2.45, 2.75) is 50.9 Å². The van der Waals surface area contributed by atoms with Gasteiger partial charge in [-0.2, -0.15) is 0 Å². The molecule has 198 valence electrons. The maximum atomic E-state index is 14.0. The van der Waals surface area contributed by atoms with Crippen molar-refractivity contribution in [2.75, 3.05) is 14.2 Å². The van der Waals surface area contributed by atoms with Crippen LogP contribution in [0.25, 0.3) is 11.0 Å². The second-order valence-corrected chi connectivity index (χ2v) is 9.34. The van der Waals surface area contributed by atoms with Gasteiger partial charge in [0, 0.05) is 17.7 Å². The first-order valence-electron chi connectivity index (χ1n) is 12.7. The molecule has 2 amide bonds. The van der Waals surface area contributed by atoms with E-state index in [1.807, 2.05) is 24.3 Å². The van der Waals surface area contributed by atoms with E-state index in [1.165, 1.54) is 12.0 Å². The van der Waals surface area contributed by atoms with Crippen LogP contribution in [0.2, 0.25) is 0 Å². The van der Waals surface area contributed by atoms with Crippen molar-refractivity contribution < 1.29 is 23.5 Å². The Hall–Kier alpha value is -4.34. The molecule has 1 fully saturated rings. The zero-order chi connectivity index (χ0) is 26.5. The molecule has 10 nitrogen and oxygen atoms in total. The number of hydrogen-bond donors (Lipinski definition) is 1. The first-order valence-corrected chi connectivity index (χ1v) is 12.7. The summed E-state index contributed by atoms with van der Waals surface area (Å²) < 4.78 is 18.2. The molecule has 1 N–H and O–H groups in total. The fraction of sp³-hybridized carbons (Fsp3) is 0.357. The summed E-state index contributed by atoms with van der Waals surface area (Å²) in [6.07, 6.45) is 5.50. The zero-order valence-corrected chi connectivity index (χ0v) is 21.5. The fourth-order valence-electron chi connectivity index (χ4n) is 4.99. The van der Waals surface area contributed by atoms with E-state index in [9.17, 15) is 9.59 Å². The van der Waals surface area contributed by atoms with Gasteiger partial charge in [-0.15, -0.1) is 5.10 Å². The van der Waals surface area contributed by atoms with E-state index in [4.69, 9.17) is 13.9 Å². The van der Waals surface area contributed by atoms with Crippen molar-refractivity contribution in [3.63, 3.8) is 0 Å². The summed E-state index contributed by atoms with van der Waals surface area (Å²) in [5.41, 5.74) is 1.96. The van der Waals surface area contributed by atoms with Crippen molar-refractivity contribution >= 4 is 22.8 Å². The van der Waals surface area contributed by atoms with Crippen molar-refractivity contribution in [1.29, 1.82) is 0 Å². The Kier molecular flexibility index (Phi) is 7.57. The Morgan fingerprint density at radius 1 is 1.11 bits per heavy atom.